The topological polar surface area (TPSA) is 58.2 Å². The van der Waals surface area contributed by atoms with Crippen LogP contribution in [0.15, 0.2) is 11.4 Å². The molecule has 1 aliphatic rings. The smallest absolute Gasteiger partial charge is 0.243 e. The van der Waals surface area contributed by atoms with Crippen molar-refractivity contribution in [2.24, 2.45) is 0 Å². The minimum absolute atomic E-state index is 0.138. The van der Waals surface area contributed by atoms with E-state index in [1.807, 2.05) is 12.3 Å². The summed E-state index contributed by atoms with van der Waals surface area (Å²) >= 11 is 1.69. The van der Waals surface area contributed by atoms with Gasteiger partial charge < -0.3 is 0 Å². The number of thiophene rings is 1. The lowest BCUT2D eigenvalue weighted by Gasteiger charge is -2.25. The Bertz CT molecular complexity index is 441. The van der Waals surface area contributed by atoms with Crippen LogP contribution >= 0.6 is 11.3 Å². The minimum Gasteiger partial charge on any atom is -0.298 e. The fourth-order valence-corrected chi connectivity index (χ4v) is 3.00. The summed E-state index contributed by atoms with van der Waals surface area (Å²) in [5, 5.41) is 7.69. The second kappa shape index (κ2) is 4.98. The fourth-order valence-electron chi connectivity index (χ4n) is 2.06. The van der Waals surface area contributed by atoms with Crippen molar-refractivity contribution in [3.63, 3.8) is 0 Å². The van der Waals surface area contributed by atoms with Gasteiger partial charge in [-0.2, -0.15) is 0 Å². The van der Waals surface area contributed by atoms with Gasteiger partial charge in [0.1, 0.15) is 0 Å². The molecule has 5 heteroatoms. The van der Waals surface area contributed by atoms with Crippen molar-refractivity contribution in [2.75, 3.05) is 0 Å². The highest BCUT2D eigenvalue weighted by Crippen LogP contribution is 2.24. The molecule has 17 heavy (non-hydrogen) atoms. The van der Waals surface area contributed by atoms with Crippen molar-refractivity contribution in [3.05, 3.63) is 21.9 Å². The number of imide groups is 1. The van der Waals surface area contributed by atoms with Gasteiger partial charge in [-0.15, -0.1) is 11.3 Å². The highest BCUT2D eigenvalue weighted by atomic mass is 32.1. The molecule has 2 atom stereocenters. The van der Waals surface area contributed by atoms with Gasteiger partial charge >= 0.3 is 0 Å². The van der Waals surface area contributed by atoms with Crippen molar-refractivity contribution in [1.29, 1.82) is 0 Å². The summed E-state index contributed by atoms with van der Waals surface area (Å²) in [6.45, 7) is 4.11. The first kappa shape index (κ1) is 12.3. The Morgan fingerprint density at radius 1 is 1.53 bits per heavy atom. The van der Waals surface area contributed by atoms with Crippen LogP contribution in [-0.2, 0) is 9.59 Å². The number of carbonyl (C=O) groups excluding carboxylic acids is 2. The van der Waals surface area contributed by atoms with E-state index in [0.29, 0.717) is 12.8 Å². The Hall–Kier alpha value is -1.20. The number of hydrogen-bond acceptors (Lipinski definition) is 4. The number of carbonyl (C=O) groups is 2. The van der Waals surface area contributed by atoms with E-state index in [1.165, 1.54) is 10.4 Å². The first-order valence-corrected chi connectivity index (χ1v) is 6.59. The molecule has 0 radical (unpaired) electrons. The largest absolute Gasteiger partial charge is 0.298 e. The van der Waals surface area contributed by atoms with E-state index in [0.717, 1.165) is 0 Å². The van der Waals surface area contributed by atoms with Crippen LogP contribution in [0.4, 0.5) is 0 Å². The first-order chi connectivity index (χ1) is 8.08. The molecule has 1 aromatic rings. The van der Waals surface area contributed by atoms with Crippen molar-refractivity contribution in [2.45, 2.75) is 38.8 Å². The molecule has 1 aliphatic heterocycles. The zero-order chi connectivity index (χ0) is 12.4. The Morgan fingerprint density at radius 3 is 2.88 bits per heavy atom. The van der Waals surface area contributed by atoms with Gasteiger partial charge in [-0.25, -0.2) is 0 Å². The average Bonchev–Trinajstić information content (AvgIpc) is 2.68. The molecule has 0 aliphatic carbocycles. The van der Waals surface area contributed by atoms with Gasteiger partial charge in [0.2, 0.25) is 11.8 Å². The lowest BCUT2D eigenvalue weighted by Crippen LogP contribution is -2.51. The van der Waals surface area contributed by atoms with Crippen molar-refractivity contribution < 1.29 is 9.59 Å². The normalized spacial score (nSPS) is 22.4. The number of hydrogen-bond donors (Lipinski definition) is 2. The maximum Gasteiger partial charge on any atom is 0.243 e. The van der Waals surface area contributed by atoms with E-state index in [9.17, 15) is 9.59 Å². The molecule has 2 rings (SSSR count). The van der Waals surface area contributed by atoms with Crippen LogP contribution in [0.5, 0.6) is 0 Å². The van der Waals surface area contributed by atoms with Gasteiger partial charge in [-0.1, -0.05) is 0 Å². The summed E-state index contributed by atoms with van der Waals surface area (Å²) in [4.78, 5) is 23.9. The van der Waals surface area contributed by atoms with E-state index >= 15 is 0 Å². The van der Waals surface area contributed by atoms with Crippen molar-refractivity contribution in [1.82, 2.24) is 10.6 Å². The second-order valence-electron chi connectivity index (χ2n) is 4.36. The molecule has 1 saturated heterocycles. The van der Waals surface area contributed by atoms with Crippen molar-refractivity contribution in [3.8, 4) is 0 Å². The third kappa shape index (κ3) is 2.73. The van der Waals surface area contributed by atoms with Gasteiger partial charge in [-0.05, 0) is 37.3 Å². The lowest BCUT2D eigenvalue weighted by molar-refractivity contribution is -0.134. The van der Waals surface area contributed by atoms with E-state index in [1.54, 1.807) is 11.3 Å². The Balaban J connectivity index is 1.99. The first-order valence-electron chi connectivity index (χ1n) is 5.71. The summed E-state index contributed by atoms with van der Waals surface area (Å²) in [6, 6.07) is 1.95. The molecule has 1 fully saturated rings. The minimum atomic E-state index is -0.260. The molecule has 0 aromatic carbocycles. The molecular weight excluding hydrogens is 236 g/mol. The SMILES string of the molecule is Cc1ccsc1C(C)NC1CCC(=O)NC1=O. The van der Waals surface area contributed by atoms with E-state index < -0.39 is 0 Å². The van der Waals surface area contributed by atoms with Gasteiger partial charge in [0.25, 0.3) is 0 Å². The monoisotopic (exact) mass is 252 g/mol. The number of amides is 2. The van der Waals surface area contributed by atoms with E-state index in [-0.39, 0.29) is 23.9 Å². The van der Waals surface area contributed by atoms with Crippen molar-refractivity contribution >= 4 is 23.2 Å². The summed E-state index contributed by atoms with van der Waals surface area (Å²) < 4.78 is 0. The molecule has 92 valence electrons. The highest BCUT2D eigenvalue weighted by Gasteiger charge is 2.28. The summed E-state index contributed by atoms with van der Waals surface area (Å²) in [6.07, 6.45) is 0.999. The fraction of sp³-hybridized carbons (Fsp3) is 0.500. The van der Waals surface area contributed by atoms with Crippen LogP contribution in [0.25, 0.3) is 0 Å². The van der Waals surface area contributed by atoms with Gasteiger partial charge in [0.15, 0.2) is 0 Å². The van der Waals surface area contributed by atoms with Gasteiger partial charge in [0, 0.05) is 17.3 Å². The lowest BCUT2D eigenvalue weighted by atomic mass is 10.0. The zero-order valence-electron chi connectivity index (χ0n) is 9.95. The predicted molar refractivity (Wildman–Crippen MR) is 66.8 cm³/mol. The maximum atomic E-state index is 11.6. The molecular formula is C12H16N2O2S. The summed E-state index contributed by atoms with van der Waals surface area (Å²) in [5.41, 5.74) is 1.24. The Labute approximate surface area is 104 Å². The van der Waals surface area contributed by atoms with Gasteiger partial charge in [-0.3, -0.25) is 20.2 Å². The molecule has 0 saturated carbocycles. The van der Waals surface area contributed by atoms with E-state index in [2.05, 4.69) is 23.6 Å². The third-order valence-corrected chi connectivity index (χ3v) is 4.19. The molecule has 0 bridgehead atoms. The molecule has 4 nitrogen and oxygen atoms in total. The number of rotatable bonds is 3. The number of aryl methyl sites for hydroxylation is 1. The highest BCUT2D eigenvalue weighted by molar-refractivity contribution is 7.10. The van der Waals surface area contributed by atoms with Crippen LogP contribution in [0.1, 0.15) is 36.2 Å². The average molecular weight is 252 g/mol. The molecule has 2 unspecified atom stereocenters. The number of nitrogens with one attached hydrogen (secondary N) is 2. The van der Waals surface area contributed by atoms with Gasteiger partial charge in [0.05, 0.1) is 6.04 Å². The molecule has 1 aromatic heterocycles. The molecule has 0 spiro atoms. The van der Waals surface area contributed by atoms with Crippen LogP contribution in [0.3, 0.4) is 0 Å². The Kier molecular flexibility index (Phi) is 3.59. The Morgan fingerprint density at radius 2 is 2.29 bits per heavy atom. The summed E-state index contributed by atoms with van der Waals surface area (Å²) in [5.74, 6) is -0.379. The summed E-state index contributed by atoms with van der Waals surface area (Å²) in [7, 11) is 0. The molecule has 2 heterocycles. The van der Waals surface area contributed by atoms with Crippen LogP contribution in [0.2, 0.25) is 0 Å². The van der Waals surface area contributed by atoms with Crippen LogP contribution < -0.4 is 10.6 Å². The van der Waals surface area contributed by atoms with E-state index in [4.69, 9.17) is 0 Å². The molecule has 2 amide bonds. The maximum absolute atomic E-state index is 11.6. The van der Waals surface area contributed by atoms with Crippen LogP contribution in [-0.4, -0.2) is 17.9 Å². The second-order valence-corrected chi connectivity index (χ2v) is 5.31. The quantitative estimate of drug-likeness (QED) is 0.802. The van der Waals surface area contributed by atoms with Crippen LogP contribution in [0, 0.1) is 6.92 Å². The third-order valence-electron chi connectivity index (χ3n) is 2.99. The molecule has 2 N–H and O–H groups in total. The predicted octanol–water partition coefficient (Wildman–Crippen LogP) is 1.51. The standard InChI is InChI=1S/C12H16N2O2S/c1-7-5-6-17-11(7)8(2)13-9-3-4-10(15)14-12(9)16/h5-6,8-9,13H,3-4H2,1-2H3,(H,14,15,16). The number of piperidine rings is 1. The zero-order valence-corrected chi connectivity index (χ0v) is 10.8.